The van der Waals surface area contributed by atoms with Crippen LogP contribution < -0.4 is 16.0 Å². The normalized spacial score (nSPS) is 24.1. The van der Waals surface area contributed by atoms with Gasteiger partial charge in [0.2, 0.25) is 0 Å². The van der Waals surface area contributed by atoms with Gasteiger partial charge in [-0.05, 0) is 39.5 Å². The number of imidazole rings is 1. The van der Waals surface area contributed by atoms with E-state index in [2.05, 4.69) is 37.3 Å². The second-order valence-electron chi connectivity index (χ2n) is 7.28. The number of hydrogen-bond donors (Lipinski definition) is 3. The van der Waals surface area contributed by atoms with E-state index in [1.165, 1.54) is 0 Å². The number of piperidine rings is 1. The van der Waals surface area contributed by atoms with Gasteiger partial charge < -0.3 is 20.1 Å². The molecule has 1 unspecified atom stereocenters. The van der Waals surface area contributed by atoms with E-state index in [-0.39, 0.29) is 11.8 Å². The number of aliphatic imine (C=N–C) groups is 1. The Labute approximate surface area is 159 Å². The van der Waals surface area contributed by atoms with Crippen molar-refractivity contribution in [1.29, 1.82) is 0 Å². The van der Waals surface area contributed by atoms with E-state index in [1.54, 1.807) is 6.20 Å². The van der Waals surface area contributed by atoms with Crippen LogP contribution in [0.2, 0.25) is 0 Å². The Hall–Kier alpha value is -2.58. The molecule has 0 radical (unpaired) electrons. The number of nitrogens with one attached hydrogen (secondary N) is 3. The van der Waals surface area contributed by atoms with Crippen LogP contribution in [0.4, 0.5) is 4.79 Å². The van der Waals surface area contributed by atoms with E-state index in [0.29, 0.717) is 6.54 Å². The van der Waals surface area contributed by atoms with Gasteiger partial charge in [0.25, 0.3) is 5.91 Å². The summed E-state index contributed by atoms with van der Waals surface area (Å²) in [5.74, 6) is 1.79. The number of aromatic nitrogens is 2. The first kappa shape index (κ1) is 19.2. The summed E-state index contributed by atoms with van der Waals surface area (Å²) in [5, 5.41) is 8.52. The number of likely N-dealkylation sites (tertiary alicyclic amines) is 1. The van der Waals surface area contributed by atoms with Gasteiger partial charge >= 0.3 is 6.03 Å². The van der Waals surface area contributed by atoms with Crippen molar-refractivity contribution in [3.8, 4) is 0 Å². The molecule has 148 valence electrons. The quantitative estimate of drug-likeness (QED) is 0.394. The lowest BCUT2D eigenvalue weighted by molar-refractivity contribution is -0.125. The molecule has 0 saturated carbocycles. The highest BCUT2D eigenvalue weighted by molar-refractivity contribution is 6.07. The van der Waals surface area contributed by atoms with Crippen molar-refractivity contribution < 1.29 is 9.59 Å². The Kier molecular flexibility index (Phi) is 5.67. The summed E-state index contributed by atoms with van der Waals surface area (Å²) in [6, 6.07) is -0.394. The minimum Gasteiger partial charge on any atom is -0.357 e. The first-order valence-corrected chi connectivity index (χ1v) is 9.58. The third-order valence-corrected chi connectivity index (χ3v) is 5.54. The maximum absolute atomic E-state index is 12.2. The largest absolute Gasteiger partial charge is 0.357 e. The number of carbonyl (C=O) groups excluding carboxylic acids is 2. The van der Waals surface area contributed by atoms with E-state index in [4.69, 9.17) is 4.99 Å². The fourth-order valence-electron chi connectivity index (χ4n) is 3.84. The van der Waals surface area contributed by atoms with Gasteiger partial charge in [-0.25, -0.2) is 9.78 Å². The molecule has 0 aromatic carbocycles. The molecule has 2 aliphatic heterocycles. The van der Waals surface area contributed by atoms with Crippen LogP contribution >= 0.6 is 0 Å². The highest BCUT2D eigenvalue weighted by Crippen LogP contribution is 2.30. The van der Waals surface area contributed by atoms with Gasteiger partial charge in [-0.3, -0.25) is 15.1 Å². The van der Waals surface area contributed by atoms with Crippen LogP contribution in [-0.2, 0) is 11.3 Å². The summed E-state index contributed by atoms with van der Waals surface area (Å²) >= 11 is 0. The summed E-state index contributed by atoms with van der Waals surface area (Å²) in [7, 11) is 0. The molecule has 2 aliphatic rings. The van der Waals surface area contributed by atoms with Crippen LogP contribution in [0.5, 0.6) is 0 Å². The Morgan fingerprint density at radius 2 is 2.15 bits per heavy atom. The van der Waals surface area contributed by atoms with Crippen molar-refractivity contribution in [3.63, 3.8) is 0 Å². The smallest absolute Gasteiger partial charge is 0.322 e. The average molecular weight is 375 g/mol. The molecule has 0 bridgehead atoms. The Bertz CT molecular complexity index is 721. The molecule has 9 nitrogen and oxygen atoms in total. The molecular weight excluding hydrogens is 346 g/mol. The van der Waals surface area contributed by atoms with E-state index in [0.717, 1.165) is 50.8 Å². The number of urea groups is 1. The zero-order valence-electron chi connectivity index (χ0n) is 16.3. The van der Waals surface area contributed by atoms with E-state index in [9.17, 15) is 9.59 Å². The molecule has 3 heterocycles. The summed E-state index contributed by atoms with van der Waals surface area (Å²) in [6.07, 6.45) is 5.42. The van der Waals surface area contributed by atoms with E-state index < -0.39 is 11.6 Å². The second kappa shape index (κ2) is 7.98. The molecule has 27 heavy (non-hydrogen) atoms. The zero-order chi connectivity index (χ0) is 19.4. The number of rotatable bonds is 5. The summed E-state index contributed by atoms with van der Waals surface area (Å²) < 4.78 is 2.08. The molecular formula is C18H29N7O2. The molecule has 1 atom stereocenters. The van der Waals surface area contributed by atoms with Gasteiger partial charge in [0.05, 0.1) is 6.54 Å². The fraction of sp³-hybridized carbons (Fsp3) is 0.667. The molecule has 9 heteroatoms. The van der Waals surface area contributed by atoms with Crippen LogP contribution in [0.25, 0.3) is 0 Å². The highest BCUT2D eigenvalue weighted by atomic mass is 16.2. The Morgan fingerprint density at radius 1 is 1.41 bits per heavy atom. The van der Waals surface area contributed by atoms with Crippen molar-refractivity contribution in [2.75, 3.05) is 26.2 Å². The summed E-state index contributed by atoms with van der Waals surface area (Å²) in [6.45, 7) is 9.75. The molecule has 1 aromatic heterocycles. The van der Waals surface area contributed by atoms with Gasteiger partial charge in [-0.1, -0.05) is 0 Å². The highest BCUT2D eigenvalue weighted by Gasteiger charge is 2.48. The van der Waals surface area contributed by atoms with Gasteiger partial charge in [-0.2, -0.15) is 0 Å². The Balaban J connectivity index is 1.58. The van der Waals surface area contributed by atoms with Crippen LogP contribution in [-0.4, -0.2) is 64.1 Å². The third kappa shape index (κ3) is 4.06. The lowest BCUT2D eigenvalue weighted by Gasteiger charge is -2.39. The average Bonchev–Trinajstić information content (AvgIpc) is 3.17. The maximum Gasteiger partial charge on any atom is 0.322 e. The topological polar surface area (TPSA) is 104 Å². The van der Waals surface area contributed by atoms with Crippen molar-refractivity contribution >= 4 is 17.9 Å². The molecule has 0 spiro atoms. The zero-order valence-corrected chi connectivity index (χ0v) is 16.3. The van der Waals surface area contributed by atoms with Crippen LogP contribution in [0.1, 0.15) is 32.5 Å². The predicted octanol–water partition coefficient (Wildman–Crippen LogP) is 0.467. The SMILES string of the molecule is CCNC(=NCCn1ccnc1C)N1CCC(C2(C)NC(=O)NC2=O)CC1. The minimum atomic E-state index is -0.808. The number of aryl methyl sites for hydroxylation is 1. The second-order valence-corrected chi connectivity index (χ2v) is 7.28. The monoisotopic (exact) mass is 375 g/mol. The van der Waals surface area contributed by atoms with Gasteiger partial charge in [-0.15, -0.1) is 0 Å². The summed E-state index contributed by atoms with van der Waals surface area (Å²) in [4.78, 5) is 34.9. The predicted molar refractivity (Wildman–Crippen MR) is 102 cm³/mol. The van der Waals surface area contributed by atoms with Crippen LogP contribution in [0.15, 0.2) is 17.4 Å². The number of guanidine groups is 1. The van der Waals surface area contributed by atoms with Gasteiger partial charge in [0.15, 0.2) is 5.96 Å². The van der Waals surface area contributed by atoms with Crippen LogP contribution in [0.3, 0.4) is 0 Å². The number of imide groups is 1. The number of amides is 3. The Morgan fingerprint density at radius 3 is 2.70 bits per heavy atom. The number of nitrogens with zero attached hydrogens (tertiary/aromatic N) is 4. The first-order chi connectivity index (χ1) is 12.9. The molecule has 2 saturated heterocycles. The number of carbonyl (C=O) groups is 2. The summed E-state index contributed by atoms with van der Waals surface area (Å²) in [5.41, 5.74) is -0.808. The molecule has 3 rings (SSSR count). The van der Waals surface area contributed by atoms with Crippen molar-refractivity contribution in [2.24, 2.45) is 10.9 Å². The first-order valence-electron chi connectivity index (χ1n) is 9.58. The molecule has 3 amide bonds. The van der Waals surface area contributed by atoms with Crippen molar-refractivity contribution in [3.05, 3.63) is 18.2 Å². The maximum atomic E-state index is 12.2. The van der Waals surface area contributed by atoms with E-state index in [1.807, 2.05) is 20.0 Å². The van der Waals surface area contributed by atoms with Crippen LogP contribution in [0, 0.1) is 12.8 Å². The third-order valence-electron chi connectivity index (χ3n) is 5.54. The number of hydrogen-bond acceptors (Lipinski definition) is 4. The molecule has 3 N–H and O–H groups in total. The molecule has 1 aromatic rings. The fourth-order valence-corrected chi connectivity index (χ4v) is 3.84. The van der Waals surface area contributed by atoms with Crippen molar-refractivity contribution in [1.82, 2.24) is 30.4 Å². The van der Waals surface area contributed by atoms with Gasteiger partial charge in [0, 0.05) is 38.6 Å². The van der Waals surface area contributed by atoms with Crippen molar-refractivity contribution in [2.45, 2.75) is 45.7 Å². The standard InChI is InChI=1S/C18H29N7O2/c1-4-19-16(21-8-12-24-11-7-20-13(24)2)25-9-5-14(6-10-25)18(3)15(26)22-17(27)23-18/h7,11,14H,4-6,8-10,12H2,1-3H3,(H,19,21)(H2,22,23,26,27). The minimum absolute atomic E-state index is 0.122. The van der Waals surface area contributed by atoms with Gasteiger partial charge in [0.1, 0.15) is 11.4 Å². The lowest BCUT2D eigenvalue weighted by atomic mass is 9.79. The molecule has 2 fully saturated rings. The lowest BCUT2D eigenvalue weighted by Crippen LogP contribution is -2.55. The molecule has 0 aliphatic carbocycles. The van der Waals surface area contributed by atoms with E-state index >= 15 is 0 Å².